The van der Waals surface area contributed by atoms with Gasteiger partial charge in [-0.3, -0.25) is 4.90 Å². The quantitative estimate of drug-likeness (QED) is 0.0559. The van der Waals surface area contributed by atoms with Crippen LogP contribution in [-0.4, -0.2) is 49.1 Å². The van der Waals surface area contributed by atoms with Crippen molar-refractivity contribution in [3.8, 4) is 0 Å². The fourth-order valence-corrected chi connectivity index (χ4v) is 6.68. The van der Waals surface area contributed by atoms with Gasteiger partial charge in [0.05, 0.1) is 0 Å². The van der Waals surface area contributed by atoms with Crippen LogP contribution in [0.15, 0.2) is 48.6 Å². The second kappa shape index (κ2) is 34.2. The molecule has 0 bridgehead atoms. The highest BCUT2D eigenvalue weighted by Gasteiger charge is 2.20. The summed E-state index contributed by atoms with van der Waals surface area (Å²) in [5.41, 5.74) is 0. The number of rotatable bonds is 31. The van der Waals surface area contributed by atoms with E-state index in [1.54, 1.807) is 0 Å². The van der Waals surface area contributed by atoms with Crippen molar-refractivity contribution in [3.63, 3.8) is 0 Å². The zero-order chi connectivity index (χ0) is 32.3. The Balaban J connectivity index is 2.11. The van der Waals surface area contributed by atoms with Crippen LogP contribution in [-0.2, 0) is 0 Å². The van der Waals surface area contributed by atoms with Crippen LogP contribution in [0.3, 0.4) is 0 Å². The van der Waals surface area contributed by atoms with Gasteiger partial charge in [0, 0.05) is 19.1 Å². The molecular formula is C43H80N2. The molecule has 0 saturated carbocycles. The van der Waals surface area contributed by atoms with Crippen molar-refractivity contribution in [1.82, 2.24) is 9.80 Å². The maximum Gasteiger partial charge on any atom is 0.0112 e. The van der Waals surface area contributed by atoms with Crippen molar-refractivity contribution in [1.29, 1.82) is 0 Å². The minimum absolute atomic E-state index is 0.827. The zero-order valence-corrected chi connectivity index (χ0v) is 31.0. The summed E-state index contributed by atoms with van der Waals surface area (Å²) in [7, 11) is 2.31. The van der Waals surface area contributed by atoms with Gasteiger partial charge in [-0.15, -0.1) is 0 Å². The van der Waals surface area contributed by atoms with Gasteiger partial charge in [0.25, 0.3) is 0 Å². The number of hydrogen-bond donors (Lipinski definition) is 0. The van der Waals surface area contributed by atoms with Crippen molar-refractivity contribution in [3.05, 3.63) is 48.6 Å². The number of nitrogens with zero attached hydrogens (tertiary/aromatic N) is 2. The van der Waals surface area contributed by atoms with E-state index in [-0.39, 0.29) is 0 Å². The van der Waals surface area contributed by atoms with Crippen LogP contribution in [0, 0.1) is 0 Å². The molecule has 0 amide bonds. The van der Waals surface area contributed by atoms with Crippen molar-refractivity contribution >= 4 is 0 Å². The smallest absolute Gasteiger partial charge is 0.0112 e. The highest BCUT2D eigenvalue weighted by atomic mass is 15.2. The Morgan fingerprint density at radius 3 is 1.27 bits per heavy atom. The molecule has 0 spiro atoms. The van der Waals surface area contributed by atoms with Crippen LogP contribution in [0.4, 0.5) is 0 Å². The summed E-state index contributed by atoms with van der Waals surface area (Å²) in [5, 5.41) is 0. The van der Waals surface area contributed by atoms with Gasteiger partial charge in [-0.05, 0) is 104 Å². The highest BCUT2D eigenvalue weighted by Crippen LogP contribution is 2.20. The maximum atomic E-state index is 2.88. The van der Waals surface area contributed by atoms with Gasteiger partial charge in [-0.2, -0.15) is 0 Å². The minimum atomic E-state index is 0.827. The molecule has 1 rings (SSSR count). The van der Waals surface area contributed by atoms with E-state index in [2.05, 4.69) is 79.3 Å². The lowest BCUT2D eigenvalue weighted by Gasteiger charge is -2.31. The van der Waals surface area contributed by atoms with E-state index < -0.39 is 0 Å². The third-order valence-electron chi connectivity index (χ3n) is 9.75. The van der Waals surface area contributed by atoms with E-state index in [4.69, 9.17) is 0 Å². The predicted octanol–water partition coefficient (Wildman–Crippen LogP) is 13.4. The maximum absolute atomic E-state index is 2.88. The number of allylic oxidation sites excluding steroid dienone is 8. The summed E-state index contributed by atoms with van der Waals surface area (Å²) in [6.45, 7) is 9.69. The lowest BCUT2D eigenvalue weighted by Crippen LogP contribution is -2.38. The fraction of sp³-hybridized carbons (Fsp3) is 0.814. The Morgan fingerprint density at radius 1 is 0.422 bits per heavy atom. The first kappa shape index (κ1) is 41.9. The van der Waals surface area contributed by atoms with Crippen molar-refractivity contribution in [2.45, 2.75) is 193 Å². The molecule has 1 fully saturated rings. The molecule has 45 heavy (non-hydrogen) atoms. The molecule has 0 radical (unpaired) electrons. The van der Waals surface area contributed by atoms with Gasteiger partial charge in [0.15, 0.2) is 0 Å². The number of hydrogen-bond acceptors (Lipinski definition) is 2. The summed E-state index contributed by atoms with van der Waals surface area (Å²) in [6, 6.07) is 0.827. The van der Waals surface area contributed by atoms with Crippen molar-refractivity contribution < 1.29 is 0 Å². The molecule has 1 aliphatic rings. The second-order valence-electron chi connectivity index (χ2n) is 14.1. The summed E-state index contributed by atoms with van der Waals surface area (Å²) in [6.07, 6.45) is 55.6. The van der Waals surface area contributed by atoms with E-state index in [0.29, 0.717) is 0 Å². The average molecular weight is 625 g/mol. The van der Waals surface area contributed by atoms with Crippen LogP contribution < -0.4 is 0 Å². The monoisotopic (exact) mass is 625 g/mol. The first-order valence-electron chi connectivity index (χ1n) is 20.3. The summed E-state index contributed by atoms with van der Waals surface area (Å²) >= 11 is 0. The molecule has 0 aromatic rings. The Kier molecular flexibility index (Phi) is 31.9. The summed E-state index contributed by atoms with van der Waals surface area (Å²) < 4.78 is 0. The Bertz CT molecular complexity index is 657. The first-order chi connectivity index (χ1) is 22.3. The van der Waals surface area contributed by atoms with Crippen LogP contribution in [0.1, 0.15) is 187 Å². The minimum Gasteiger partial charge on any atom is -0.305 e. The normalized spacial score (nSPS) is 15.6. The lowest BCUT2D eigenvalue weighted by atomic mass is 9.98. The SMILES string of the molecule is CCCCC/C=C\C/C=C\CCCCCCCCC(CCCCCCCC/C=C\C/C=C\CCCCC)N1CCCN(C)CC1. The molecule has 0 aromatic heterocycles. The van der Waals surface area contributed by atoms with Gasteiger partial charge in [-0.1, -0.05) is 152 Å². The molecular weight excluding hydrogens is 544 g/mol. The standard InChI is InChI=1S/C43H80N2/c1-4-6-8-10-12-14-16-18-20-22-24-26-28-30-32-34-37-43(45-40-36-39-44(3)41-42-45)38-35-33-31-29-27-25-23-21-19-17-15-13-11-9-7-5-2/h12-15,18-21,43H,4-11,16-17,22-42H2,1-3H3/b14-12-,15-13-,20-18-,21-19-. The second-order valence-corrected chi connectivity index (χ2v) is 14.1. The van der Waals surface area contributed by atoms with Crippen LogP contribution in [0.5, 0.6) is 0 Å². The largest absolute Gasteiger partial charge is 0.305 e. The van der Waals surface area contributed by atoms with E-state index in [1.807, 2.05) is 0 Å². The van der Waals surface area contributed by atoms with Crippen LogP contribution >= 0.6 is 0 Å². The van der Waals surface area contributed by atoms with Crippen molar-refractivity contribution in [2.24, 2.45) is 0 Å². The van der Waals surface area contributed by atoms with E-state index >= 15 is 0 Å². The summed E-state index contributed by atoms with van der Waals surface area (Å²) in [4.78, 5) is 5.42. The molecule has 0 unspecified atom stereocenters. The molecule has 2 nitrogen and oxygen atoms in total. The van der Waals surface area contributed by atoms with E-state index in [1.165, 1.54) is 187 Å². The Labute approximate surface area is 284 Å². The molecule has 0 N–H and O–H groups in total. The fourth-order valence-electron chi connectivity index (χ4n) is 6.68. The Morgan fingerprint density at radius 2 is 0.822 bits per heavy atom. The molecule has 262 valence electrons. The van der Waals surface area contributed by atoms with Crippen molar-refractivity contribution in [2.75, 3.05) is 33.2 Å². The number of unbranched alkanes of at least 4 members (excludes halogenated alkanes) is 18. The summed E-state index contributed by atoms with van der Waals surface area (Å²) in [5.74, 6) is 0. The van der Waals surface area contributed by atoms with Gasteiger partial charge in [0.1, 0.15) is 0 Å². The van der Waals surface area contributed by atoms with Gasteiger partial charge in [0.2, 0.25) is 0 Å². The highest BCUT2D eigenvalue weighted by molar-refractivity contribution is 4.93. The van der Waals surface area contributed by atoms with Gasteiger partial charge >= 0.3 is 0 Å². The van der Waals surface area contributed by atoms with E-state index in [9.17, 15) is 0 Å². The molecule has 1 saturated heterocycles. The topological polar surface area (TPSA) is 6.48 Å². The van der Waals surface area contributed by atoms with Crippen LogP contribution in [0.2, 0.25) is 0 Å². The van der Waals surface area contributed by atoms with Gasteiger partial charge in [-0.25, -0.2) is 0 Å². The third-order valence-corrected chi connectivity index (χ3v) is 9.75. The predicted molar refractivity (Wildman–Crippen MR) is 205 cm³/mol. The molecule has 1 heterocycles. The zero-order valence-electron chi connectivity index (χ0n) is 31.0. The van der Waals surface area contributed by atoms with E-state index in [0.717, 1.165) is 18.9 Å². The molecule has 1 aliphatic heterocycles. The molecule has 0 aromatic carbocycles. The average Bonchev–Trinajstić information content (AvgIpc) is 3.27. The first-order valence-corrected chi connectivity index (χ1v) is 20.3. The Hall–Kier alpha value is -1.12. The lowest BCUT2D eigenvalue weighted by molar-refractivity contribution is 0.176. The van der Waals surface area contributed by atoms with Crippen LogP contribution in [0.25, 0.3) is 0 Å². The van der Waals surface area contributed by atoms with Gasteiger partial charge < -0.3 is 4.90 Å². The number of likely N-dealkylation sites (N-methyl/N-ethyl adjacent to an activating group) is 1. The molecule has 0 aliphatic carbocycles. The molecule has 0 atom stereocenters. The molecule has 2 heteroatoms. The third kappa shape index (κ3) is 28.8.